The molecule has 0 radical (unpaired) electrons. The predicted molar refractivity (Wildman–Crippen MR) is 59.1 cm³/mol. The van der Waals surface area contributed by atoms with Gasteiger partial charge in [0.25, 0.3) is 0 Å². The number of likely N-dealkylation sites (N-methyl/N-ethyl adjacent to an activating group) is 1. The molecule has 0 aromatic heterocycles. The second-order valence-electron chi connectivity index (χ2n) is 3.84. The summed E-state index contributed by atoms with van der Waals surface area (Å²) in [4.78, 5) is 1.97. The zero-order valence-electron chi connectivity index (χ0n) is 9.09. The molecule has 0 aliphatic carbocycles. The second-order valence-corrected chi connectivity index (χ2v) is 3.84. The Balaban J connectivity index is 3.89. The first-order valence-corrected chi connectivity index (χ1v) is 4.77. The zero-order valence-corrected chi connectivity index (χ0v) is 9.09. The van der Waals surface area contributed by atoms with Crippen LogP contribution in [0.3, 0.4) is 0 Å². The number of hydrogen-bond acceptors (Lipinski definition) is 2. The van der Waals surface area contributed by atoms with Crippen molar-refractivity contribution < 1.29 is 0 Å². The minimum atomic E-state index is -0.111. The van der Waals surface area contributed by atoms with E-state index in [0.717, 1.165) is 18.5 Å². The van der Waals surface area contributed by atoms with Gasteiger partial charge in [-0.2, -0.15) is 0 Å². The lowest BCUT2D eigenvalue weighted by Crippen LogP contribution is -2.36. The Morgan fingerprint density at radius 3 is 2.46 bits per heavy atom. The van der Waals surface area contributed by atoms with E-state index in [-0.39, 0.29) is 6.17 Å². The van der Waals surface area contributed by atoms with E-state index in [1.165, 1.54) is 0 Å². The van der Waals surface area contributed by atoms with E-state index >= 15 is 0 Å². The SMILES string of the molecule is C=CC(N)N(C)C(=C)CCC(C)C. The number of hydrogen-bond donors (Lipinski definition) is 1. The lowest BCUT2D eigenvalue weighted by molar-refractivity contribution is 0.341. The van der Waals surface area contributed by atoms with E-state index in [0.29, 0.717) is 5.92 Å². The first-order chi connectivity index (χ1) is 5.99. The van der Waals surface area contributed by atoms with Crippen LogP contribution in [0.15, 0.2) is 24.9 Å². The van der Waals surface area contributed by atoms with Crippen molar-refractivity contribution >= 4 is 0 Å². The van der Waals surface area contributed by atoms with Gasteiger partial charge in [-0.3, -0.25) is 0 Å². The van der Waals surface area contributed by atoms with Crippen molar-refractivity contribution in [2.24, 2.45) is 11.7 Å². The summed E-state index contributed by atoms with van der Waals surface area (Å²) in [6.07, 6.45) is 3.78. The molecule has 0 aliphatic heterocycles. The summed E-state index contributed by atoms with van der Waals surface area (Å²) in [6.45, 7) is 12.1. The third-order valence-electron chi connectivity index (χ3n) is 2.20. The van der Waals surface area contributed by atoms with Gasteiger partial charge >= 0.3 is 0 Å². The fraction of sp³-hybridized carbons (Fsp3) is 0.636. The molecule has 0 aromatic carbocycles. The number of nitrogens with two attached hydrogens (primary N) is 1. The number of allylic oxidation sites excluding steroid dienone is 1. The van der Waals surface area contributed by atoms with Gasteiger partial charge in [-0.25, -0.2) is 0 Å². The topological polar surface area (TPSA) is 29.3 Å². The highest BCUT2D eigenvalue weighted by molar-refractivity contribution is 4.98. The molecule has 0 heterocycles. The van der Waals surface area contributed by atoms with Crippen molar-refractivity contribution in [3.63, 3.8) is 0 Å². The van der Waals surface area contributed by atoms with Crippen molar-refractivity contribution in [1.82, 2.24) is 4.90 Å². The van der Waals surface area contributed by atoms with Crippen molar-refractivity contribution in [2.75, 3.05) is 7.05 Å². The molecular formula is C11H22N2. The first kappa shape index (κ1) is 12.2. The Kier molecular flexibility index (Phi) is 5.47. The molecule has 0 saturated carbocycles. The lowest BCUT2D eigenvalue weighted by Gasteiger charge is -2.26. The summed E-state index contributed by atoms with van der Waals surface area (Å²) < 4.78 is 0. The third kappa shape index (κ3) is 4.73. The van der Waals surface area contributed by atoms with Crippen molar-refractivity contribution in [3.05, 3.63) is 24.9 Å². The average Bonchev–Trinajstić information content (AvgIpc) is 2.11. The van der Waals surface area contributed by atoms with Gasteiger partial charge in [-0.15, -0.1) is 0 Å². The smallest absolute Gasteiger partial charge is 0.0953 e. The Morgan fingerprint density at radius 2 is 2.08 bits per heavy atom. The molecule has 2 N–H and O–H groups in total. The largest absolute Gasteiger partial charge is 0.360 e. The molecule has 0 fully saturated rings. The van der Waals surface area contributed by atoms with Crippen molar-refractivity contribution in [2.45, 2.75) is 32.9 Å². The summed E-state index contributed by atoms with van der Waals surface area (Å²) in [5.74, 6) is 0.713. The average molecular weight is 182 g/mol. The molecule has 0 rings (SSSR count). The normalized spacial score (nSPS) is 12.7. The first-order valence-electron chi connectivity index (χ1n) is 4.77. The van der Waals surface area contributed by atoms with Crippen LogP contribution < -0.4 is 5.73 Å². The molecule has 0 saturated heterocycles. The molecular weight excluding hydrogens is 160 g/mol. The Morgan fingerprint density at radius 1 is 1.54 bits per heavy atom. The third-order valence-corrected chi connectivity index (χ3v) is 2.20. The standard InChI is InChI=1S/C11H22N2/c1-6-11(12)13(5)10(4)8-7-9(2)3/h6,9,11H,1,4,7-8,12H2,2-3,5H3. The van der Waals surface area contributed by atoms with Crippen LogP contribution in [0.5, 0.6) is 0 Å². The molecule has 0 bridgehead atoms. The van der Waals surface area contributed by atoms with E-state index in [4.69, 9.17) is 5.73 Å². The van der Waals surface area contributed by atoms with Crippen LogP contribution in [0.1, 0.15) is 26.7 Å². The quantitative estimate of drug-likeness (QED) is 0.504. The highest BCUT2D eigenvalue weighted by Gasteiger charge is 2.07. The van der Waals surface area contributed by atoms with Gasteiger partial charge in [-0.05, 0) is 18.8 Å². The fourth-order valence-electron chi connectivity index (χ4n) is 1.00. The minimum Gasteiger partial charge on any atom is -0.360 e. The van der Waals surface area contributed by atoms with Gasteiger partial charge < -0.3 is 10.6 Å². The monoisotopic (exact) mass is 182 g/mol. The van der Waals surface area contributed by atoms with Crippen LogP contribution >= 0.6 is 0 Å². The zero-order chi connectivity index (χ0) is 10.4. The molecule has 13 heavy (non-hydrogen) atoms. The van der Waals surface area contributed by atoms with E-state index in [1.807, 2.05) is 11.9 Å². The van der Waals surface area contributed by atoms with E-state index < -0.39 is 0 Å². The van der Waals surface area contributed by atoms with Gasteiger partial charge in [0, 0.05) is 12.7 Å². The van der Waals surface area contributed by atoms with Gasteiger partial charge in [0.2, 0.25) is 0 Å². The molecule has 1 unspecified atom stereocenters. The van der Waals surface area contributed by atoms with Crippen LogP contribution in [0.4, 0.5) is 0 Å². The lowest BCUT2D eigenvalue weighted by atomic mass is 10.1. The molecule has 1 atom stereocenters. The molecule has 0 amide bonds. The molecule has 76 valence electrons. The Hall–Kier alpha value is -0.760. The number of rotatable bonds is 6. The van der Waals surface area contributed by atoms with E-state index in [9.17, 15) is 0 Å². The molecule has 2 nitrogen and oxygen atoms in total. The minimum absolute atomic E-state index is 0.111. The Bertz CT molecular complexity index is 173. The summed E-state index contributed by atoms with van der Waals surface area (Å²) in [7, 11) is 1.95. The molecule has 0 aromatic rings. The van der Waals surface area contributed by atoms with E-state index in [1.54, 1.807) is 6.08 Å². The highest BCUT2D eigenvalue weighted by Crippen LogP contribution is 2.13. The summed E-state index contributed by atoms with van der Waals surface area (Å²) in [5, 5.41) is 0. The van der Waals surface area contributed by atoms with Crippen molar-refractivity contribution in [3.8, 4) is 0 Å². The van der Waals surface area contributed by atoms with Gasteiger partial charge in [0.15, 0.2) is 0 Å². The number of nitrogens with zero attached hydrogens (tertiary/aromatic N) is 1. The molecule has 2 heteroatoms. The van der Waals surface area contributed by atoms with Crippen LogP contribution in [-0.2, 0) is 0 Å². The maximum absolute atomic E-state index is 5.77. The summed E-state index contributed by atoms with van der Waals surface area (Å²) >= 11 is 0. The maximum atomic E-state index is 5.77. The van der Waals surface area contributed by atoms with Crippen LogP contribution in [0.2, 0.25) is 0 Å². The molecule has 0 aliphatic rings. The van der Waals surface area contributed by atoms with E-state index in [2.05, 4.69) is 27.0 Å². The van der Waals surface area contributed by atoms with Crippen LogP contribution in [0.25, 0.3) is 0 Å². The maximum Gasteiger partial charge on any atom is 0.0953 e. The van der Waals surface area contributed by atoms with Gasteiger partial charge in [-0.1, -0.05) is 33.1 Å². The van der Waals surface area contributed by atoms with Crippen LogP contribution in [-0.4, -0.2) is 18.1 Å². The van der Waals surface area contributed by atoms with Crippen molar-refractivity contribution in [1.29, 1.82) is 0 Å². The van der Waals surface area contributed by atoms with Gasteiger partial charge in [0.1, 0.15) is 0 Å². The van der Waals surface area contributed by atoms with Gasteiger partial charge in [0.05, 0.1) is 6.17 Å². The van der Waals surface area contributed by atoms with Crippen LogP contribution in [0, 0.1) is 5.92 Å². The summed E-state index contributed by atoms with van der Waals surface area (Å²) in [5.41, 5.74) is 6.86. The predicted octanol–water partition coefficient (Wildman–Crippen LogP) is 2.34. The summed E-state index contributed by atoms with van der Waals surface area (Å²) in [6, 6.07) is 0. The Labute approximate surface area is 82.1 Å². The fourth-order valence-corrected chi connectivity index (χ4v) is 1.00. The second kappa shape index (κ2) is 5.81. The molecule has 0 spiro atoms. The highest BCUT2D eigenvalue weighted by atomic mass is 15.2.